The number of fused-ring (bicyclic) bond motifs is 1. The summed E-state index contributed by atoms with van der Waals surface area (Å²) in [7, 11) is 1.72. The van der Waals surface area contributed by atoms with Gasteiger partial charge in [-0.3, -0.25) is 5.10 Å². The van der Waals surface area contributed by atoms with Gasteiger partial charge in [-0.2, -0.15) is 5.10 Å². The van der Waals surface area contributed by atoms with Crippen LogP contribution in [0.2, 0.25) is 0 Å². The van der Waals surface area contributed by atoms with E-state index in [1.165, 1.54) is 0 Å². The lowest BCUT2D eigenvalue weighted by molar-refractivity contribution is 0.413. The molecule has 4 aromatic rings. The molecule has 7 nitrogen and oxygen atoms in total. The average molecular weight is 386 g/mol. The van der Waals surface area contributed by atoms with Crippen molar-refractivity contribution >= 4 is 22.4 Å². The van der Waals surface area contributed by atoms with Gasteiger partial charge in [0.1, 0.15) is 17.9 Å². The zero-order chi connectivity index (χ0) is 19.6. The van der Waals surface area contributed by atoms with Gasteiger partial charge < -0.3 is 14.5 Å². The van der Waals surface area contributed by atoms with E-state index in [1.807, 2.05) is 30.6 Å². The molecule has 3 heterocycles. The van der Waals surface area contributed by atoms with E-state index in [4.69, 9.17) is 4.74 Å². The number of methoxy groups -OCH3 is 1. The molecule has 1 saturated heterocycles. The Balaban J connectivity index is 1.42. The van der Waals surface area contributed by atoms with Crippen molar-refractivity contribution in [3.05, 3.63) is 61.2 Å². The first-order valence-corrected chi connectivity index (χ1v) is 9.70. The number of nitrogens with zero attached hydrogens (tertiary/aromatic N) is 5. The van der Waals surface area contributed by atoms with Crippen molar-refractivity contribution in [2.75, 3.05) is 43.1 Å². The van der Waals surface area contributed by atoms with Gasteiger partial charge in [0.05, 0.1) is 24.5 Å². The zero-order valence-corrected chi connectivity index (χ0v) is 16.2. The molecule has 1 aliphatic heterocycles. The molecule has 2 aromatic heterocycles. The lowest BCUT2D eigenvalue weighted by Crippen LogP contribution is -2.47. The average Bonchev–Trinajstić information content (AvgIpc) is 3.33. The summed E-state index contributed by atoms with van der Waals surface area (Å²) in [6, 6.07) is 14.5. The van der Waals surface area contributed by atoms with Crippen LogP contribution in [0.15, 0.2) is 61.2 Å². The van der Waals surface area contributed by atoms with Crippen molar-refractivity contribution in [1.82, 2.24) is 20.2 Å². The Morgan fingerprint density at radius 2 is 1.76 bits per heavy atom. The molecule has 0 unspecified atom stereocenters. The molecular weight excluding hydrogens is 364 g/mol. The van der Waals surface area contributed by atoms with Gasteiger partial charge in [0.15, 0.2) is 0 Å². The quantitative estimate of drug-likeness (QED) is 0.580. The van der Waals surface area contributed by atoms with E-state index in [-0.39, 0.29) is 0 Å². The first-order valence-electron chi connectivity index (χ1n) is 9.70. The lowest BCUT2D eigenvalue weighted by Gasteiger charge is -2.37. The highest BCUT2D eigenvalue weighted by Gasteiger charge is 2.22. The molecular formula is C22H22N6O. The Morgan fingerprint density at radius 3 is 2.55 bits per heavy atom. The van der Waals surface area contributed by atoms with Gasteiger partial charge in [-0.15, -0.1) is 0 Å². The van der Waals surface area contributed by atoms with Crippen molar-refractivity contribution in [2.24, 2.45) is 0 Å². The van der Waals surface area contributed by atoms with E-state index in [9.17, 15) is 0 Å². The summed E-state index contributed by atoms with van der Waals surface area (Å²) in [5.74, 6) is 1.90. The minimum absolute atomic E-state index is 0.889. The standard InChI is InChI=1S/C22H22N6O/c1-29-21-5-3-2-4-20(21)27-8-10-28(11-9-27)22-18-12-16(17-13-25-26-14-17)6-7-19(18)23-15-24-22/h2-7,12-15H,8-11H2,1H3,(H,25,26). The number of anilines is 2. The summed E-state index contributed by atoms with van der Waals surface area (Å²) in [5.41, 5.74) is 4.26. The predicted molar refractivity (Wildman–Crippen MR) is 115 cm³/mol. The number of hydrogen-bond donors (Lipinski definition) is 1. The van der Waals surface area contributed by atoms with Crippen LogP contribution < -0.4 is 14.5 Å². The maximum Gasteiger partial charge on any atom is 0.142 e. The summed E-state index contributed by atoms with van der Waals surface area (Å²) in [5, 5.41) is 8.00. The minimum Gasteiger partial charge on any atom is -0.495 e. The Kier molecular flexibility index (Phi) is 4.48. The van der Waals surface area contributed by atoms with Crippen molar-refractivity contribution < 1.29 is 4.74 Å². The van der Waals surface area contributed by atoms with E-state index in [0.29, 0.717) is 0 Å². The number of benzene rings is 2. The van der Waals surface area contributed by atoms with Crippen molar-refractivity contribution in [3.63, 3.8) is 0 Å². The highest BCUT2D eigenvalue weighted by molar-refractivity contribution is 5.92. The van der Waals surface area contributed by atoms with Crippen LogP contribution in [0.25, 0.3) is 22.0 Å². The van der Waals surface area contributed by atoms with Crippen molar-refractivity contribution in [3.8, 4) is 16.9 Å². The van der Waals surface area contributed by atoms with Gasteiger partial charge >= 0.3 is 0 Å². The highest BCUT2D eigenvalue weighted by atomic mass is 16.5. The fourth-order valence-electron chi connectivity index (χ4n) is 3.93. The molecule has 0 amide bonds. The molecule has 7 heteroatoms. The summed E-state index contributed by atoms with van der Waals surface area (Å²) >= 11 is 0. The van der Waals surface area contributed by atoms with Gasteiger partial charge in [0, 0.05) is 43.3 Å². The summed E-state index contributed by atoms with van der Waals surface area (Å²) in [4.78, 5) is 13.8. The topological polar surface area (TPSA) is 70.2 Å². The van der Waals surface area contributed by atoms with Crippen molar-refractivity contribution in [2.45, 2.75) is 0 Å². The Morgan fingerprint density at radius 1 is 0.931 bits per heavy atom. The second-order valence-electron chi connectivity index (χ2n) is 7.06. The molecule has 2 aromatic carbocycles. The van der Waals surface area contributed by atoms with Crippen LogP contribution >= 0.6 is 0 Å². The number of ether oxygens (including phenoxy) is 1. The summed E-state index contributed by atoms with van der Waals surface area (Å²) in [6.07, 6.45) is 5.38. The second-order valence-corrected chi connectivity index (χ2v) is 7.06. The SMILES string of the molecule is COc1ccccc1N1CCN(c2ncnc3ccc(-c4cn[nH]c4)cc23)CC1. The number of aromatic amines is 1. The maximum atomic E-state index is 5.53. The predicted octanol–water partition coefficient (Wildman–Crippen LogP) is 3.36. The maximum absolute atomic E-state index is 5.53. The van der Waals surface area contributed by atoms with Crippen LogP contribution in [0.5, 0.6) is 5.75 Å². The third-order valence-corrected chi connectivity index (χ3v) is 5.45. The fraction of sp³-hybridized carbons (Fsp3) is 0.227. The van der Waals surface area contributed by atoms with Crippen LogP contribution in [-0.4, -0.2) is 53.5 Å². The van der Waals surface area contributed by atoms with Gasteiger partial charge in [0.2, 0.25) is 0 Å². The molecule has 1 N–H and O–H groups in total. The first kappa shape index (κ1) is 17.5. The monoisotopic (exact) mass is 386 g/mol. The number of aromatic nitrogens is 4. The van der Waals surface area contributed by atoms with Crippen LogP contribution in [0.3, 0.4) is 0 Å². The first-order chi connectivity index (χ1) is 14.3. The van der Waals surface area contributed by atoms with Crippen LogP contribution in [0, 0.1) is 0 Å². The van der Waals surface area contributed by atoms with E-state index in [2.05, 4.69) is 54.2 Å². The molecule has 1 fully saturated rings. The molecule has 1 aliphatic rings. The fourth-order valence-corrected chi connectivity index (χ4v) is 3.93. The number of nitrogens with one attached hydrogen (secondary N) is 1. The third kappa shape index (κ3) is 3.24. The van der Waals surface area contributed by atoms with Gasteiger partial charge in [0.25, 0.3) is 0 Å². The molecule has 0 spiro atoms. The van der Waals surface area contributed by atoms with Crippen LogP contribution in [0.4, 0.5) is 11.5 Å². The molecule has 29 heavy (non-hydrogen) atoms. The Bertz CT molecular complexity index is 1120. The van der Waals surface area contributed by atoms with E-state index in [0.717, 1.165) is 65.5 Å². The van der Waals surface area contributed by atoms with Crippen molar-refractivity contribution in [1.29, 1.82) is 0 Å². The summed E-state index contributed by atoms with van der Waals surface area (Å²) < 4.78 is 5.53. The number of para-hydroxylation sites is 2. The molecule has 0 atom stereocenters. The summed E-state index contributed by atoms with van der Waals surface area (Å²) in [6.45, 7) is 3.60. The lowest BCUT2D eigenvalue weighted by atomic mass is 10.1. The minimum atomic E-state index is 0.889. The second kappa shape index (κ2) is 7.43. The van der Waals surface area contributed by atoms with Gasteiger partial charge in [-0.05, 0) is 29.8 Å². The number of rotatable bonds is 4. The highest BCUT2D eigenvalue weighted by Crippen LogP contribution is 2.31. The van der Waals surface area contributed by atoms with Crippen LogP contribution in [0.1, 0.15) is 0 Å². The number of piperazine rings is 1. The third-order valence-electron chi connectivity index (χ3n) is 5.45. The zero-order valence-electron chi connectivity index (χ0n) is 16.2. The largest absolute Gasteiger partial charge is 0.495 e. The Labute approximate surface area is 169 Å². The molecule has 0 saturated carbocycles. The molecule has 0 aliphatic carbocycles. The van der Waals surface area contributed by atoms with Gasteiger partial charge in [-0.25, -0.2) is 9.97 Å². The van der Waals surface area contributed by atoms with E-state index >= 15 is 0 Å². The molecule has 5 rings (SSSR count). The molecule has 0 bridgehead atoms. The van der Waals surface area contributed by atoms with E-state index < -0.39 is 0 Å². The smallest absolute Gasteiger partial charge is 0.142 e. The number of hydrogen-bond acceptors (Lipinski definition) is 6. The molecule has 146 valence electrons. The van der Waals surface area contributed by atoms with E-state index in [1.54, 1.807) is 13.4 Å². The van der Waals surface area contributed by atoms with Gasteiger partial charge in [-0.1, -0.05) is 18.2 Å². The Hall–Kier alpha value is -3.61. The number of H-pyrrole nitrogens is 1. The molecule has 0 radical (unpaired) electrons. The normalized spacial score (nSPS) is 14.4. The van der Waals surface area contributed by atoms with Crippen LogP contribution in [-0.2, 0) is 0 Å².